The number of ether oxygens (including phenoxy) is 1. The van der Waals surface area contributed by atoms with E-state index in [0.29, 0.717) is 25.3 Å². The molecular weight excluding hydrogens is 434 g/mol. The molecule has 6 heteroatoms. The largest absolute Gasteiger partial charge is 0.383 e. The van der Waals surface area contributed by atoms with Gasteiger partial charge in [-0.05, 0) is 47.9 Å². The maximum absolute atomic E-state index is 15.1. The van der Waals surface area contributed by atoms with Gasteiger partial charge in [-0.1, -0.05) is 48.0 Å². The molecule has 0 spiro atoms. The van der Waals surface area contributed by atoms with Crippen molar-refractivity contribution >= 4 is 16.8 Å². The number of halogens is 2. The fourth-order valence-corrected chi connectivity index (χ4v) is 4.34. The molecule has 0 unspecified atom stereocenters. The van der Waals surface area contributed by atoms with Crippen LogP contribution in [0.1, 0.15) is 34.6 Å². The third kappa shape index (κ3) is 5.34. The van der Waals surface area contributed by atoms with Gasteiger partial charge < -0.3 is 14.6 Å². The molecule has 0 saturated heterocycles. The average molecular weight is 463 g/mol. The van der Waals surface area contributed by atoms with Gasteiger partial charge in [0.2, 0.25) is 5.91 Å². The highest BCUT2D eigenvalue weighted by Crippen LogP contribution is 2.36. The lowest BCUT2D eigenvalue weighted by Crippen LogP contribution is -2.28. The molecule has 1 N–H and O–H groups in total. The summed E-state index contributed by atoms with van der Waals surface area (Å²) >= 11 is 0. The monoisotopic (exact) mass is 462 g/mol. The summed E-state index contributed by atoms with van der Waals surface area (Å²) in [6, 6.07) is 19.3. The summed E-state index contributed by atoms with van der Waals surface area (Å²) < 4.78 is 35.5. The predicted molar refractivity (Wildman–Crippen MR) is 130 cm³/mol. The van der Waals surface area contributed by atoms with E-state index in [4.69, 9.17) is 4.74 Å². The van der Waals surface area contributed by atoms with Crippen LogP contribution in [-0.4, -0.2) is 30.7 Å². The molecule has 0 bridgehead atoms. The van der Waals surface area contributed by atoms with Gasteiger partial charge in [0.25, 0.3) is 0 Å². The van der Waals surface area contributed by atoms with Crippen LogP contribution in [0.15, 0.2) is 72.9 Å². The molecule has 0 aliphatic rings. The van der Waals surface area contributed by atoms with Crippen molar-refractivity contribution in [2.75, 3.05) is 20.3 Å². The zero-order valence-corrected chi connectivity index (χ0v) is 19.4. The normalized spacial score (nSPS) is 12.1. The van der Waals surface area contributed by atoms with Crippen molar-refractivity contribution in [3.63, 3.8) is 0 Å². The van der Waals surface area contributed by atoms with Gasteiger partial charge in [-0.15, -0.1) is 0 Å². The number of rotatable bonds is 9. The molecule has 4 nitrogen and oxygen atoms in total. The number of para-hydroxylation sites is 1. The number of carbonyl (C=O) groups is 1. The summed E-state index contributed by atoms with van der Waals surface area (Å²) in [7, 11) is 1.58. The molecular formula is C28H28F2N2O2. The number of amides is 1. The highest BCUT2D eigenvalue weighted by molar-refractivity contribution is 5.87. The maximum atomic E-state index is 15.1. The minimum absolute atomic E-state index is 0.106. The van der Waals surface area contributed by atoms with Crippen LogP contribution in [0, 0.1) is 18.6 Å². The number of hydrogen-bond donors (Lipinski definition) is 1. The Bertz CT molecular complexity index is 1280. The van der Waals surface area contributed by atoms with E-state index in [-0.39, 0.29) is 24.0 Å². The number of methoxy groups -OCH3 is 1. The molecule has 0 radical (unpaired) electrons. The number of nitrogens with zero attached hydrogens (tertiary/aromatic N) is 1. The lowest BCUT2D eigenvalue weighted by atomic mass is 9.87. The molecule has 1 atom stereocenters. The van der Waals surface area contributed by atoms with E-state index >= 15 is 4.39 Å². The number of benzene rings is 3. The molecule has 4 rings (SSSR count). The summed E-state index contributed by atoms with van der Waals surface area (Å²) in [6.07, 6.45) is 2.09. The number of fused-ring (bicyclic) bond motifs is 1. The van der Waals surface area contributed by atoms with Crippen molar-refractivity contribution in [1.29, 1.82) is 0 Å². The van der Waals surface area contributed by atoms with Crippen LogP contribution in [-0.2, 0) is 16.1 Å². The average Bonchev–Trinajstić information content (AvgIpc) is 3.19. The summed E-state index contributed by atoms with van der Waals surface area (Å²) in [5, 5.41) is 3.82. The van der Waals surface area contributed by atoms with E-state index in [1.807, 2.05) is 43.5 Å². The zero-order chi connectivity index (χ0) is 24.1. The zero-order valence-electron chi connectivity index (χ0n) is 19.4. The Balaban J connectivity index is 1.78. The van der Waals surface area contributed by atoms with Crippen molar-refractivity contribution in [3.8, 4) is 0 Å². The van der Waals surface area contributed by atoms with Crippen molar-refractivity contribution in [2.45, 2.75) is 25.8 Å². The molecule has 1 amide bonds. The number of nitrogens with one attached hydrogen (secondary N) is 1. The van der Waals surface area contributed by atoms with Crippen LogP contribution in [0.25, 0.3) is 10.9 Å². The van der Waals surface area contributed by atoms with Crippen molar-refractivity contribution in [1.82, 2.24) is 9.88 Å². The second kappa shape index (κ2) is 10.6. The molecule has 0 fully saturated rings. The topological polar surface area (TPSA) is 43.3 Å². The van der Waals surface area contributed by atoms with Gasteiger partial charge in [0.05, 0.1) is 6.61 Å². The third-order valence-corrected chi connectivity index (χ3v) is 6.01. The number of aryl methyl sites for hydroxylation is 1. The van der Waals surface area contributed by atoms with Crippen LogP contribution < -0.4 is 5.32 Å². The van der Waals surface area contributed by atoms with Gasteiger partial charge in [0.1, 0.15) is 11.6 Å². The minimum atomic E-state index is -0.471. The molecule has 3 aromatic carbocycles. The predicted octanol–water partition coefficient (Wildman–Crippen LogP) is 5.56. The van der Waals surface area contributed by atoms with Crippen LogP contribution in [0.3, 0.4) is 0 Å². The van der Waals surface area contributed by atoms with Gasteiger partial charge in [0.15, 0.2) is 0 Å². The van der Waals surface area contributed by atoms with Crippen molar-refractivity contribution in [3.05, 3.63) is 107 Å². The van der Waals surface area contributed by atoms with Crippen molar-refractivity contribution in [2.24, 2.45) is 0 Å². The first-order chi connectivity index (χ1) is 16.5. The molecule has 34 heavy (non-hydrogen) atoms. The lowest BCUT2D eigenvalue weighted by Gasteiger charge is -2.18. The highest BCUT2D eigenvalue weighted by atomic mass is 19.1. The van der Waals surface area contributed by atoms with Gasteiger partial charge in [-0.25, -0.2) is 8.78 Å². The Morgan fingerprint density at radius 2 is 1.79 bits per heavy atom. The standard InChI is InChI=1S/C28H28F2N2O2/c1-19-7-12-26(30)24(15-19)23(16-28(33)31-13-14-34-2)25-18-32(27-6-4-3-5-22(25)27)17-20-8-10-21(29)11-9-20/h3-12,15,18,23H,13-14,16-17H2,1-2H3,(H,31,33)/t23-/m0/s1. The Kier molecular flexibility index (Phi) is 7.38. The van der Waals surface area contributed by atoms with Gasteiger partial charge in [0, 0.05) is 49.6 Å². The molecule has 0 saturated carbocycles. The van der Waals surface area contributed by atoms with Crippen LogP contribution in [0.4, 0.5) is 8.78 Å². The van der Waals surface area contributed by atoms with Crippen molar-refractivity contribution < 1.29 is 18.3 Å². The Hall–Kier alpha value is -3.51. The first-order valence-electron chi connectivity index (χ1n) is 11.3. The van der Waals surface area contributed by atoms with Gasteiger partial charge >= 0.3 is 0 Å². The van der Waals surface area contributed by atoms with E-state index in [1.165, 1.54) is 18.2 Å². The number of aromatic nitrogens is 1. The van der Waals surface area contributed by atoms with Gasteiger partial charge in [-0.3, -0.25) is 4.79 Å². The van der Waals surface area contributed by atoms with E-state index in [2.05, 4.69) is 9.88 Å². The number of carbonyl (C=O) groups excluding carboxylic acids is 1. The number of hydrogen-bond acceptors (Lipinski definition) is 2. The first kappa shape index (κ1) is 23.6. The smallest absolute Gasteiger partial charge is 0.221 e. The van der Waals surface area contributed by atoms with E-state index in [0.717, 1.165) is 27.6 Å². The highest BCUT2D eigenvalue weighted by Gasteiger charge is 2.25. The molecule has 4 aromatic rings. The van der Waals surface area contributed by atoms with Crippen LogP contribution in [0.5, 0.6) is 0 Å². The summed E-state index contributed by atoms with van der Waals surface area (Å²) in [6.45, 7) is 3.25. The van der Waals surface area contributed by atoms with E-state index in [1.54, 1.807) is 25.3 Å². The quantitative estimate of drug-likeness (QED) is 0.331. The Morgan fingerprint density at radius 1 is 1.03 bits per heavy atom. The Labute approximate surface area is 198 Å². The maximum Gasteiger partial charge on any atom is 0.221 e. The fraction of sp³-hybridized carbons (Fsp3) is 0.250. The fourth-order valence-electron chi connectivity index (χ4n) is 4.34. The molecule has 0 aliphatic carbocycles. The second-order valence-electron chi connectivity index (χ2n) is 8.48. The van der Waals surface area contributed by atoms with E-state index in [9.17, 15) is 9.18 Å². The second-order valence-corrected chi connectivity index (χ2v) is 8.48. The molecule has 1 aromatic heterocycles. The summed E-state index contributed by atoms with van der Waals surface area (Å²) in [4.78, 5) is 12.8. The summed E-state index contributed by atoms with van der Waals surface area (Å²) in [5.41, 5.74) is 4.22. The van der Waals surface area contributed by atoms with Gasteiger partial charge in [-0.2, -0.15) is 0 Å². The molecule has 0 aliphatic heterocycles. The third-order valence-electron chi connectivity index (χ3n) is 6.01. The molecule has 176 valence electrons. The first-order valence-corrected chi connectivity index (χ1v) is 11.3. The van der Waals surface area contributed by atoms with E-state index < -0.39 is 5.92 Å². The SMILES string of the molecule is COCCNC(=O)C[C@@H](c1cc(C)ccc1F)c1cn(Cc2ccc(F)cc2)c2ccccc12. The minimum Gasteiger partial charge on any atom is -0.383 e. The molecule has 1 heterocycles. The summed E-state index contributed by atoms with van der Waals surface area (Å²) in [5.74, 6) is -1.26. The lowest BCUT2D eigenvalue weighted by molar-refractivity contribution is -0.121. The van der Waals surface area contributed by atoms with Crippen LogP contribution >= 0.6 is 0 Å². The van der Waals surface area contributed by atoms with Crippen LogP contribution in [0.2, 0.25) is 0 Å². The Morgan fingerprint density at radius 3 is 2.56 bits per heavy atom.